The summed E-state index contributed by atoms with van der Waals surface area (Å²) in [5, 5.41) is 0. The standard InChI is InChI=1S/C9H12N2O3S/c1-7-2-4-8(5-3-7)15(13,14)11-9(12)6-10/h2-5H,6,10H2,1H3,(H,11,12). The minimum absolute atomic E-state index is 0.0508. The zero-order valence-electron chi connectivity index (χ0n) is 8.23. The van der Waals surface area contributed by atoms with Crippen LogP contribution in [0.2, 0.25) is 0 Å². The van der Waals surface area contributed by atoms with Crippen molar-refractivity contribution in [1.29, 1.82) is 0 Å². The molecular weight excluding hydrogens is 216 g/mol. The summed E-state index contributed by atoms with van der Waals surface area (Å²) < 4.78 is 24.9. The smallest absolute Gasteiger partial charge is 0.264 e. The van der Waals surface area contributed by atoms with Crippen molar-refractivity contribution in [3.05, 3.63) is 29.8 Å². The molecule has 3 N–H and O–H groups in total. The third kappa shape index (κ3) is 3.03. The molecule has 0 spiro atoms. The van der Waals surface area contributed by atoms with Crippen molar-refractivity contribution in [1.82, 2.24) is 4.72 Å². The second-order valence-electron chi connectivity index (χ2n) is 3.05. The van der Waals surface area contributed by atoms with Crippen molar-refractivity contribution in [3.63, 3.8) is 0 Å². The summed E-state index contributed by atoms with van der Waals surface area (Å²) in [5.41, 5.74) is 5.95. The average molecular weight is 228 g/mol. The molecule has 0 saturated heterocycles. The van der Waals surface area contributed by atoms with E-state index in [1.165, 1.54) is 12.1 Å². The molecule has 0 aromatic heterocycles. The van der Waals surface area contributed by atoms with Gasteiger partial charge in [-0.3, -0.25) is 4.79 Å². The van der Waals surface area contributed by atoms with Crippen molar-refractivity contribution >= 4 is 15.9 Å². The zero-order chi connectivity index (χ0) is 11.5. The number of benzene rings is 1. The third-order valence-corrected chi connectivity index (χ3v) is 3.15. The number of carbonyl (C=O) groups excluding carboxylic acids is 1. The molecule has 1 aromatic carbocycles. The average Bonchev–Trinajstić information content (AvgIpc) is 2.17. The number of sulfonamides is 1. The fourth-order valence-corrected chi connectivity index (χ4v) is 1.96. The van der Waals surface area contributed by atoms with Gasteiger partial charge < -0.3 is 5.73 Å². The summed E-state index contributed by atoms with van der Waals surface area (Å²) in [4.78, 5) is 10.9. The van der Waals surface area contributed by atoms with Crippen LogP contribution in [0.5, 0.6) is 0 Å². The van der Waals surface area contributed by atoms with E-state index in [4.69, 9.17) is 5.73 Å². The maximum atomic E-state index is 11.5. The lowest BCUT2D eigenvalue weighted by molar-refractivity contribution is -0.118. The Labute approximate surface area is 88.3 Å². The Bertz CT molecular complexity index is 451. The lowest BCUT2D eigenvalue weighted by atomic mass is 10.2. The van der Waals surface area contributed by atoms with Crippen molar-refractivity contribution in [3.8, 4) is 0 Å². The van der Waals surface area contributed by atoms with E-state index < -0.39 is 15.9 Å². The Morgan fingerprint density at radius 3 is 2.33 bits per heavy atom. The van der Waals surface area contributed by atoms with Crippen molar-refractivity contribution in [2.45, 2.75) is 11.8 Å². The number of hydrogen-bond donors (Lipinski definition) is 2. The van der Waals surface area contributed by atoms with E-state index in [2.05, 4.69) is 0 Å². The van der Waals surface area contributed by atoms with Crippen LogP contribution >= 0.6 is 0 Å². The topological polar surface area (TPSA) is 89.3 Å². The SMILES string of the molecule is Cc1ccc(S(=O)(=O)NC(=O)CN)cc1. The van der Waals surface area contributed by atoms with Crippen LogP contribution in [0, 0.1) is 6.92 Å². The Balaban J connectivity index is 2.96. The maximum absolute atomic E-state index is 11.5. The lowest BCUT2D eigenvalue weighted by Gasteiger charge is -2.05. The number of carbonyl (C=O) groups is 1. The number of hydrogen-bond acceptors (Lipinski definition) is 4. The normalized spacial score (nSPS) is 11.1. The molecule has 0 aliphatic rings. The van der Waals surface area contributed by atoms with E-state index in [-0.39, 0.29) is 11.4 Å². The van der Waals surface area contributed by atoms with Gasteiger partial charge in [-0.1, -0.05) is 17.7 Å². The van der Waals surface area contributed by atoms with Gasteiger partial charge in [-0.25, -0.2) is 13.1 Å². The van der Waals surface area contributed by atoms with E-state index in [0.29, 0.717) is 0 Å². The fourth-order valence-electron chi connectivity index (χ4n) is 0.968. The van der Waals surface area contributed by atoms with Crippen LogP contribution < -0.4 is 10.5 Å². The first-order valence-corrected chi connectivity index (χ1v) is 5.76. The summed E-state index contributed by atoms with van der Waals surface area (Å²) in [6.07, 6.45) is 0. The van der Waals surface area contributed by atoms with Gasteiger partial charge in [-0.05, 0) is 19.1 Å². The summed E-state index contributed by atoms with van der Waals surface area (Å²) in [5.74, 6) is -0.726. The van der Waals surface area contributed by atoms with Crippen LogP contribution in [0.1, 0.15) is 5.56 Å². The minimum atomic E-state index is -3.77. The lowest BCUT2D eigenvalue weighted by Crippen LogP contribution is -2.35. The highest BCUT2D eigenvalue weighted by atomic mass is 32.2. The molecule has 0 unspecified atom stereocenters. The second-order valence-corrected chi connectivity index (χ2v) is 4.73. The van der Waals surface area contributed by atoms with Gasteiger partial charge >= 0.3 is 0 Å². The van der Waals surface area contributed by atoms with Crippen LogP contribution in [0.3, 0.4) is 0 Å². The highest BCUT2D eigenvalue weighted by molar-refractivity contribution is 7.90. The zero-order valence-corrected chi connectivity index (χ0v) is 9.04. The monoisotopic (exact) mass is 228 g/mol. The molecule has 6 heteroatoms. The molecule has 1 rings (SSSR count). The van der Waals surface area contributed by atoms with Gasteiger partial charge in [0.1, 0.15) is 0 Å². The molecule has 1 aromatic rings. The molecule has 82 valence electrons. The van der Waals surface area contributed by atoms with E-state index in [1.54, 1.807) is 12.1 Å². The minimum Gasteiger partial charge on any atom is -0.322 e. The molecule has 0 radical (unpaired) electrons. The molecule has 0 saturated carbocycles. The number of amides is 1. The molecule has 15 heavy (non-hydrogen) atoms. The van der Waals surface area contributed by atoms with Crippen LogP contribution in [-0.2, 0) is 14.8 Å². The van der Waals surface area contributed by atoms with Gasteiger partial charge in [-0.2, -0.15) is 0 Å². The van der Waals surface area contributed by atoms with Crippen molar-refractivity contribution in [2.24, 2.45) is 5.73 Å². The molecule has 5 nitrogen and oxygen atoms in total. The van der Waals surface area contributed by atoms with Crippen LogP contribution in [0.15, 0.2) is 29.2 Å². The van der Waals surface area contributed by atoms with Gasteiger partial charge in [0.25, 0.3) is 10.0 Å². The number of nitrogens with two attached hydrogens (primary N) is 1. The van der Waals surface area contributed by atoms with E-state index >= 15 is 0 Å². The van der Waals surface area contributed by atoms with Gasteiger partial charge in [0, 0.05) is 0 Å². The highest BCUT2D eigenvalue weighted by Gasteiger charge is 2.15. The second kappa shape index (κ2) is 4.41. The van der Waals surface area contributed by atoms with Gasteiger partial charge in [0.2, 0.25) is 5.91 Å². The molecule has 0 atom stereocenters. The van der Waals surface area contributed by atoms with E-state index in [0.717, 1.165) is 5.56 Å². The predicted octanol–water partition coefficient (Wildman–Crippen LogP) is -0.241. The predicted molar refractivity (Wildman–Crippen MR) is 55.6 cm³/mol. The first kappa shape index (κ1) is 11.7. The quantitative estimate of drug-likeness (QED) is 0.747. The van der Waals surface area contributed by atoms with Crippen molar-refractivity contribution < 1.29 is 13.2 Å². The Morgan fingerprint density at radius 2 is 1.87 bits per heavy atom. The summed E-state index contributed by atoms with van der Waals surface area (Å²) in [6.45, 7) is 1.49. The first-order chi connectivity index (χ1) is 6.95. The van der Waals surface area contributed by atoms with E-state index in [9.17, 15) is 13.2 Å². The number of nitrogens with one attached hydrogen (secondary N) is 1. The van der Waals surface area contributed by atoms with Crippen LogP contribution in [0.25, 0.3) is 0 Å². The summed E-state index contributed by atoms with van der Waals surface area (Å²) >= 11 is 0. The van der Waals surface area contributed by atoms with E-state index in [1.807, 2.05) is 11.6 Å². The fraction of sp³-hybridized carbons (Fsp3) is 0.222. The first-order valence-electron chi connectivity index (χ1n) is 4.28. The Hall–Kier alpha value is -1.40. The number of rotatable bonds is 3. The van der Waals surface area contributed by atoms with Crippen LogP contribution in [-0.4, -0.2) is 20.9 Å². The molecule has 0 heterocycles. The molecular formula is C9H12N2O3S. The number of aryl methyl sites for hydroxylation is 1. The largest absolute Gasteiger partial charge is 0.322 e. The third-order valence-electron chi connectivity index (χ3n) is 1.76. The molecule has 0 bridgehead atoms. The van der Waals surface area contributed by atoms with Crippen molar-refractivity contribution in [2.75, 3.05) is 6.54 Å². The highest BCUT2D eigenvalue weighted by Crippen LogP contribution is 2.09. The Morgan fingerprint density at radius 1 is 1.33 bits per heavy atom. The molecule has 1 amide bonds. The molecule has 0 aliphatic heterocycles. The summed E-state index contributed by atoms with van der Waals surface area (Å²) in [6, 6.07) is 6.17. The molecule has 0 aliphatic carbocycles. The maximum Gasteiger partial charge on any atom is 0.264 e. The van der Waals surface area contributed by atoms with Gasteiger partial charge in [0.05, 0.1) is 11.4 Å². The van der Waals surface area contributed by atoms with Gasteiger partial charge in [-0.15, -0.1) is 0 Å². The Kier molecular flexibility index (Phi) is 3.43. The molecule has 0 fully saturated rings. The summed E-state index contributed by atoms with van der Waals surface area (Å²) in [7, 11) is -3.77. The van der Waals surface area contributed by atoms with Gasteiger partial charge in [0.15, 0.2) is 0 Å². The van der Waals surface area contributed by atoms with Crippen LogP contribution in [0.4, 0.5) is 0 Å².